The van der Waals surface area contributed by atoms with Gasteiger partial charge in [0.2, 0.25) is 0 Å². The predicted octanol–water partition coefficient (Wildman–Crippen LogP) is 3.17. The Hall–Kier alpha value is -1.42. The average molecular weight is 249 g/mol. The molecule has 0 spiro atoms. The van der Waals surface area contributed by atoms with Crippen molar-refractivity contribution < 1.29 is 4.39 Å². The minimum atomic E-state index is -0.485. The quantitative estimate of drug-likeness (QED) is 0.904. The van der Waals surface area contributed by atoms with E-state index in [1.807, 2.05) is 31.4 Å². The van der Waals surface area contributed by atoms with E-state index < -0.39 is 5.54 Å². The van der Waals surface area contributed by atoms with Crippen LogP contribution in [-0.4, -0.2) is 9.55 Å². The van der Waals surface area contributed by atoms with E-state index in [1.165, 1.54) is 6.07 Å². The van der Waals surface area contributed by atoms with Crippen LogP contribution in [-0.2, 0) is 12.1 Å². The van der Waals surface area contributed by atoms with Crippen molar-refractivity contribution in [3.05, 3.63) is 29.8 Å². The second kappa shape index (κ2) is 4.69. The van der Waals surface area contributed by atoms with Crippen molar-refractivity contribution in [3.63, 3.8) is 0 Å². The summed E-state index contributed by atoms with van der Waals surface area (Å²) in [5, 5.41) is 0. The van der Waals surface area contributed by atoms with Crippen molar-refractivity contribution in [3.8, 4) is 0 Å². The highest BCUT2D eigenvalue weighted by Crippen LogP contribution is 2.29. The molecule has 0 radical (unpaired) electrons. The standard InChI is InChI=1S/C14H20FN3/c1-4-14(16,5-2)13-17-12-10(15)8-7-9-11(12)18(13)6-3/h7-9H,4-6,16H2,1-3H3. The van der Waals surface area contributed by atoms with E-state index in [1.54, 1.807) is 6.07 Å². The van der Waals surface area contributed by atoms with Crippen LogP contribution in [0.5, 0.6) is 0 Å². The SMILES string of the molecule is CCn1c(C(N)(CC)CC)nc2c(F)cccc21. The first kappa shape index (κ1) is 13.0. The molecular weight excluding hydrogens is 229 g/mol. The number of hydrogen-bond acceptors (Lipinski definition) is 2. The Kier molecular flexibility index (Phi) is 3.39. The Balaban J connectivity index is 2.75. The fraction of sp³-hybridized carbons (Fsp3) is 0.500. The molecule has 18 heavy (non-hydrogen) atoms. The first-order chi connectivity index (χ1) is 8.57. The van der Waals surface area contributed by atoms with Gasteiger partial charge in [-0.15, -0.1) is 0 Å². The lowest BCUT2D eigenvalue weighted by Gasteiger charge is -2.26. The largest absolute Gasteiger partial charge is 0.327 e. The van der Waals surface area contributed by atoms with E-state index in [0.29, 0.717) is 5.52 Å². The molecule has 0 bridgehead atoms. The van der Waals surface area contributed by atoms with Crippen molar-refractivity contribution in [1.29, 1.82) is 0 Å². The summed E-state index contributed by atoms with van der Waals surface area (Å²) >= 11 is 0. The number of halogens is 1. The van der Waals surface area contributed by atoms with Gasteiger partial charge in [0.05, 0.1) is 11.1 Å². The maximum Gasteiger partial charge on any atom is 0.151 e. The normalized spacial score (nSPS) is 12.3. The van der Waals surface area contributed by atoms with Gasteiger partial charge in [-0.2, -0.15) is 0 Å². The van der Waals surface area contributed by atoms with Gasteiger partial charge < -0.3 is 10.3 Å². The minimum absolute atomic E-state index is 0.282. The first-order valence-corrected chi connectivity index (χ1v) is 6.51. The van der Waals surface area contributed by atoms with Crippen molar-refractivity contribution in [2.75, 3.05) is 0 Å². The molecule has 1 aromatic heterocycles. The van der Waals surface area contributed by atoms with Gasteiger partial charge in [0, 0.05) is 6.54 Å². The molecule has 0 saturated carbocycles. The molecular formula is C14H20FN3. The topological polar surface area (TPSA) is 43.8 Å². The number of nitrogens with two attached hydrogens (primary N) is 1. The van der Waals surface area contributed by atoms with E-state index in [-0.39, 0.29) is 5.82 Å². The van der Waals surface area contributed by atoms with Crippen LogP contribution in [0.1, 0.15) is 39.4 Å². The number of aromatic nitrogens is 2. The van der Waals surface area contributed by atoms with E-state index in [2.05, 4.69) is 4.98 Å². The summed E-state index contributed by atoms with van der Waals surface area (Å²) in [6.45, 7) is 6.86. The summed E-state index contributed by atoms with van der Waals surface area (Å²) in [5.41, 5.74) is 7.16. The number of benzene rings is 1. The third-order valence-electron chi connectivity index (χ3n) is 3.75. The summed E-state index contributed by atoms with van der Waals surface area (Å²) in [4.78, 5) is 4.46. The highest BCUT2D eigenvalue weighted by Gasteiger charge is 2.29. The van der Waals surface area contributed by atoms with Crippen molar-refractivity contribution in [2.45, 2.75) is 45.7 Å². The second-order valence-electron chi connectivity index (χ2n) is 4.65. The van der Waals surface area contributed by atoms with E-state index >= 15 is 0 Å². The fourth-order valence-corrected chi connectivity index (χ4v) is 2.38. The molecule has 2 aromatic rings. The van der Waals surface area contributed by atoms with Crippen molar-refractivity contribution >= 4 is 11.0 Å². The lowest BCUT2D eigenvalue weighted by atomic mass is 9.93. The number of hydrogen-bond donors (Lipinski definition) is 1. The summed E-state index contributed by atoms with van der Waals surface area (Å²) in [5.74, 6) is 0.505. The molecule has 0 aliphatic heterocycles. The molecule has 0 aliphatic rings. The van der Waals surface area contributed by atoms with Gasteiger partial charge in [-0.3, -0.25) is 0 Å². The predicted molar refractivity (Wildman–Crippen MR) is 71.8 cm³/mol. The maximum absolute atomic E-state index is 13.8. The number of aryl methyl sites for hydroxylation is 1. The van der Waals surface area contributed by atoms with Crippen LogP contribution >= 0.6 is 0 Å². The molecule has 2 N–H and O–H groups in total. The van der Waals surface area contributed by atoms with Crippen LogP contribution in [0.25, 0.3) is 11.0 Å². The Morgan fingerprint density at radius 2 is 1.94 bits per heavy atom. The molecule has 0 saturated heterocycles. The van der Waals surface area contributed by atoms with Crippen molar-refractivity contribution in [1.82, 2.24) is 9.55 Å². The Labute approximate surface area is 107 Å². The van der Waals surface area contributed by atoms with Gasteiger partial charge in [0.25, 0.3) is 0 Å². The van der Waals surface area contributed by atoms with Gasteiger partial charge in [0.15, 0.2) is 5.82 Å². The highest BCUT2D eigenvalue weighted by molar-refractivity contribution is 5.77. The Bertz CT molecular complexity index is 555. The van der Waals surface area contributed by atoms with E-state index in [9.17, 15) is 4.39 Å². The lowest BCUT2D eigenvalue weighted by Crippen LogP contribution is -2.38. The molecule has 0 amide bonds. The average Bonchev–Trinajstić information content (AvgIpc) is 2.78. The van der Waals surface area contributed by atoms with Crippen LogP contribution in [0.2, 0.25) is 0 Å². The third kappa shape index (κ3) is 1.81. The third-order valence-corrected chi connectivity index (χ3v) is 3.75. The number of rotatable bonds is 4. The van der Waals surface area contributed by atoms with Crippen LogP contribution < -0.4 is 5.73 Å². The summed E-state index contributed by atoms with van der Waals surface area (Å²) in [6, 6.07) is 5.05. The zero-order valence-corrected chi connectivity index (χ0v) is 11.2. The van der Waals surface area contributed by atoms with Gasteiger partial charge in [-0.05, 0) is 31.9 Å². The zero-order valence-electron chi connectivity index (χ0n) is 11.2. The molecule has 1 aromatic carbocycles. The molecule has 0 fully saturated rings. The van der Waals surface area contributed by atoms with Gasteiger partial charge in [-0.25, -0.2) is 9.37 Å². The van der Waals surface area contributed by atoms with Crippen LogP contribution in [0.3, 0.4) is 0 Å². The molecule has 98 valence electrons. The van der Waals surface area contributed by atoms with Crippen LogP contribution in [0.4, 0.5) is 4.39 Å². The Morgan fingerprint density at radius 1 is 1.28 bits per heavy atom. The van der Waals surface area contributed by atoms with Gasteiger partial charge in [0.1, 0.15) is 11.3 Å². The van der Waals surface area contributed by atoms with Crippen LogP contribution in [0, 0.1) is 5.82 Å². The maximum atomic E-state index is 13.8. The first-order valence-electron chi connectivity index (χ1n) is 6.51. The summed E-state index contributed by atoms with van der Waals surface area (Å²) in [7, 11) is 0. The molecule has 2 rings (SSSR count). The highest BCUT2D eigenvalue weighted by atomic mass is 19.1. The second-order valence-corrected chi connectivity index (χ2v) is 4.65. The van der Waals surface area contributed by atoms with Gasteiger partial charge >= 0.3 is 0 Å². The lowest BCUT2D eigenvalue weighted by molar-refractivity contribution is 0.373. The number of nitrogens with zero attached hydrogens (tertiary/aromatic N) is 2. The molecule has 0 aliphatic carbocycles. The monoisotopic (exact) mass is 249 g/mol. The number of imidazole rings is 1. The zero-order chi connectivity index (χ0) is 13.3. The molecule has 3 nitrogen and oxygen atoms in total. The number of para-hydroxylation sites is 1. The van der Waals surface area contributed by atoms with Gasteiger partial charge in [-0.1, -0.05) is 19.9 Å². The van der Waals surface area contributed by atoms with E-state index in [4.69, 9.17) is 5.73 Å². The smallest absolute Gasteiger partial charge is 0.151 e. The molecule has 4 heteroatoms. The summed E-state index contributed by atoms with van der Waals surface area (Å²) < 4.78 is 15.8. The molecule has 0 atom stereocenters. The van der Waals surface area contributed by atoms with E-state index in [0.717, 1.165) is 30.7 Å². The number of fused-ring (bicyclic) bond motifs is 1. The minimum Gasteiger partial charge on any atom is -0.327 e. The fourth-order valence-electron chi connectivity index (χ4n) is 2.38. The summed E-state index contributed by atoms with van der Waals surface area (Å²) in [6.07, 6.45) is 1.57. The Morgan fingerprint density at radius 3 is 2.50 bits per heavy atom. The molecule has 1 heterocycles. The van der Waals surface area contributed by atoms with Crippen LogP contribution in [0.15, 0.2) is 18.2 Å². The molecule has 0 unspecified atom stereocenters. The van der Waals surface area contributed by atoms with Crippen molar-refractivity contribution in [2.24, 2.45) is 5.73 Å².